The van der Waals surface area contributed by atoms with E-state index in [1.165, 1.54) is 30.4 Å². The van der Waals surface area contributed by atoms with Gasteiger partial charge in [0.05, 0.1) is 16.7 Å². The molecule has 1 unspecified atom stereocenters. The van der Waals surface area contributed by atoms with Gasteiger partial charge in [0.15, 0.2) is 5.13 Å². The molecule has 5 nitrogen and oxygen atoms in total. The number of benzene rings is 1. The van der Waals surface area contributed by atoms with Gasteiger partial charge in [-0.3, -0.25) is 4.72 Å². The van der Waals surface area contributed by atoms with Gasteiger partial charge in [0.25, 0.3) is 10.0 Å². The van der Waals surface area contributed by atoms with Gasteiger partial charge < -0.3 is 5.11 Å². The SMILES string of the molecule is CCC(O)CCc1csc(NS(=O)(=O)c2ccc(F)cc2C)n1. The smallest absolute Gasteiger partial charge is 0.263 e. The van der Waals surface area contributed by atoms with Crippen LogP contribution in [-0.4, -0.2) is 24.6 Å². The van der Waals surface area contributed by atoms with Gasteiger partial charge in [0.2, 0.25) is 0 Å². The quantitative estimate of drug-likeness (QED) is 0.797. The summed E-state index contributed by atoms with van der Waals surface area (Å²) in [6.07, 6.45) is 1.47. The number of nitrogens with one attached hydrogen (secondary N) is 1. The van der Waals surface area contributed by atoms with Gasteiger partial charge in [-0.25, -0.2) is 17.8 Å². The monoisotopic (exact) mass is 358 g/mol. The number of aryl methyl sites for hydroxylation is 2. The molecule has 2 aromatic rings. The number of rotatable bonds is 7. The van der Waals surface area contributed by atoms with Crippen molar-refractivity contribution < 1.29 is 17.9 Å². The predicted octanol–water partition coefficient (Wildman–Crippen LogP) is 3.09. The number of sulfonamides is 1. The Bertz CT molecular complexity index is 775. The number of thiazole rings is 1. The van der Waals surface area contributed by atoms with Crippen molar-refractivity contribution in [1.29, 1.82) is 0 Å². The van der Waals surface area contributed by atoms with E-state index >= 15 is 0 Å². The fourth-order valence-electron chi connectivity index (χ4n) is 2.07. The van der Waals surface area contributed by atoms with Crippen molar-refractivity contribution in [3.63, 3.8) is 0 Å². The Balaban J connectivity index is 2.10. The minimum atomic E-state index is -3.80. The highest BCUT2D eigenvalue weighted by Crippen LogP contribution is 2.23. The van der Waals surface area contributed by atoms with Crippen molar-refractivity contribution in [2.45, 2.75) is 44.1 Å². The molecule has 0 spiro atoms. The third-order valence-corrected chi connectivity index (χ3v) is 5.84. The summed E-state index contributed by atoms with van der Waals surface area (Å²) in [5, 5.41) is 11.6. The minimum Gasteiger partial charge on any atom is -0.393 e. The number of hydrogen-bond donors (Lipinski definition) is 2. The molecule has 0 bridgehead atoms. The normalized spacial score (nSPS) is 13.0. The topological polar surface area (TPSA) is 79.3 Å². The third-order valence-electron chi connectivity index (χ3n) is 3.40. The lowest BCUT2D eigenvalue weighted by Gasteiger charge is -2.08. The van der Waals surface area contributed by atoms with Crippen LogP contribution in [0.4, 0.5) is 9.52 Å². The second-order valence-electron chi connectivity index (χ2n) is 5.26. The highest BCUT2D eigenvalue weighted by atomic mass is 32.2. The first-order valence-electron chi connectivity index (χ1n) is 7.23. The Morgan fingerprint density at radius 1 is 1.43 bits per heavy atom. The first-order chi connectivity index (χ1) is 10.8. The predicted molar refractivity (Wildman–Crippen MR) is 88.7 cm³/mol. The Hall–Kier alpha value is -1.51. The molecule has 2 N–H and O–H groups in total. The number of aliphatic hydroxyl groups excluding tert-OH is 1. The van der Waals surface area contributed by atoms with Crippen molar-refractivity contribution in [3.8, 4) is 0 Å². The van der Waals surface area contributed by atoms with E-state index in [2.05, 4.69) is 9.71 Å². The standard InChI is InChI=1S/C15H19FN2O3S2/c1-3-13(19)6-5-12-9-22-15(17-12)18-23(20,21)14-7-4-11(16)8-10(14)2/h4,7-9,13,19H,3,5-6H2,1-2H3,(H,17,18). The van der Waals surface area contributed by atoms with E-state index < -0.39 is 15.8 Å². The van der Waals surface area contributed by atoms with Gasteiger partial charge in [-0.05, 0) is 49.9 Å². The van der Waals surface area contributed by atoms with Crippen LogP contribution < -0.4 is 4.72 Å². The van der Waals surface area contributed by atoms with Crippen LogP contribution in [0.5, 0.6) is 0 Å². The minimum absolute atomic E-state index is 0.0251. The second-order valence-corrected chi connectivity index (χ2v) is 7.77. The molecule has 2 rings (SSSR count). The lowest BCUT2D eigenvalue weighted by molar-refractivity contribution is 0.160. The number of halogens is 1. The van der Waals surface area contributed by atoms with Crippen LogP contribution in [-0.2, 0) is 16.4 Å². The van der Waals surface area contributed by atoms with Crippen LogP contribution in [0.2, 0.25) is 0 Å². The van der Waals surface area contributed by atoms with Crippen LogP contribution in [0.1, 0.15) is 31.0 Å². The molecule has 0 saturated heterocycles. The number of aromatic nitrogens is 1. The van der Waals surface area contributed by atoms with Crippen molar-refractivity contribution in [2.75, 3.05) is 4.72 Å². The van der Waals surface area contributed by atoms with E-state index in [1.54, 1.807) is 5.38 Å². The molecule has 0 aliphatic heterocycles. The van der Waals surface area contributed by atoms with Gasteiger partial charge in [-0.1, -0.05) is 6.92 Å². The van der Waals surface area contributed by atoms with E-state index in [1.807, 2.05) is 6.92 Å². The van der Waals surface area contributed by atoms with Crippen LogP contribution in [0.3, 0.4) is 0 Å². The van der Waals surface area contributed by atoms with Gasteiger partial charge in [-0.15, -0.1) is 11.3 Å². The molecule has 8 heteroatoms. The summed E-state index contributed by atoms with van der Waals surface area (Å²) in [6.45, 7) is 3.44. The maximum atomic E-state index is 13.1. The van der Waals surface area contributed by atoms with Crippen LogP contribution in [0.15, 0.2) is 28.5 Å². The average molecular weight is 358 g/mol. The zero-order valence-corrected chi connectivity index (χ0v) is 14.5. The summed E-state index contributed by atoms with van der Waals surface area (Å²) in [6, 6.07) is 3.52. The van der Waals surface area contributed by atoms with E-state index in [-0.39, 0.29) is 16.1 Å². The zero-order chi connectivity index (χ0) is 17.0. The highest BCUT2D eigenvalue weighted by Gasteiger charge is 2.19. The van der Waals surface area contributed by atoms with Gasteiger partial charge in [0, 0.05) is 5.38 Å². The summed E-state index contributed by atoms with van der Waals surface area (Å²) >= 11 is 1.18. The van der Waals surface area contributed by atoms with Gasteiger partial charge >= 0.3 is 0 Å². The molecule has 0 aliphatic rings. The van der Waals surface area contributed by atoms with Crippen molar-refractivity contribution in [2.24, 2.45) is 0 Å². The summed E-state index contributed by atoms with van der Waals surface area (Å²) in [4.78, 5) is 4.24. The summed E-state index contributed by atoms with van der Waals surface area (Å²) in [7, 11) is -3.80. The van der Waals surface area contributed by atoms with Crippen molar-refractivity contribution in [1.82, 2.24) is 4.98 Å². The maximum absolute atomic E-state index is 13.1. The molecule has 1 atom stereocenters. The summed E-state index contributed by atoms with van der Waals surface area (Å²) < 4.78 is 40.2. The summed E-state index contributed by atoms with van der Waals surface area (Å²) in [5.74, 6) is -0.479. The molecule has 1 aromatic carbocycles. The molecule has 0 saturated carbocycles. The second kappa shape index (κ2) is 7.37. The van der Waals surface area contributed by atoms with Crippen molar-refractivity contribution in [3.05, 3.63) is 40.7 Å². The molecule has 1 heterocycles. The molecule has 126 valence electrons. The molecule has 0 fully saturated rings. The fraction of sp³-hybridized carbons (Fsp3) is 0.400. The first kappa shape index (κ1) is 17.8. The number of nitrogens with zero attached hydrogens (tertiary/aromatic N) is 1. The molecular weight excluding hydrogens is 339 g/mol. The van der Waals surface area contributed by atoms with E-state index in [0.29, 0.717) is 24.8 Å². The van der Waals surface area contributed by atoms with E-state index in [4.69, 9.17) is 0 Å². The lowest BCUT2D eigenvalue weighted by atomic mass is 10.1. The Morgan fingerprint density at radius 2 is 2.17 bits per heavy atom. The Morgan fingerprint density at radius 3 is 2.83 bits per heavy atom. The van der Waals surface area contributed by atoms with E-state index in [0.717, 1.165) is 11.8 Å². The number of hydrogen-bond acceptors (Lipinski definition) is 5. The fourth-order valence-corrected chi connectivity index (χ4v) is 4.30. The molecule has 1 aromatic heterocycles. The van der Waals surface area contributed by atoms with Crippen LogP contribution >= 0.6 is 11.3 Å². The molecule has 0 aliphatic carbocycles. The zero-order valence-electron chi connectivity index (χ0n) is 12.9. The molecule has 23 heavy (non-hydrogen) atoms. The van der Waals surface area contributed by atoms with Crippen LogP contribution in [0, 0.1) is 12.7 Å². The van der Waals surface area contributed by atoms with Crippen LogP contribution in [0.25, 0.3) is 0 Å². The molecule has 0 radical (unpaired) electrons. The maximum Gasteiger partial charge on any atom is 0.263 e. The molecular formula is C15H19FN2O3S2. The lowest BCUT2D eigenvalue weighted by Crippen LogP contribution is -2.14. The Labute approximate surface area is 139 Å². The number of anilines is 1. The number of aliphatic hydroxyl groups is 1. The molecule has 0 amide bonds. The highest BCUT2D eigenvalue weighted by molar-refractivity contribution is 7.93. The average Bonchev–Trinajstić information content (AvgIpc) is 2.91. The Kier molecular flexibility index (Phi) is 5.72. The van der Waals surface area contributed by atoms with Gasteiger partial charge in [0.1, 0.15) is 5.82 Å². The third kappa shape index (κ3) is 4.73. The van der Waals surface area contributed by atoms with Crippen molar-refractivity contribution >= 4 is 26.5 Å². The van der Waals surface area contributed by atoms with E-state index in [9.17, 15) is 17.9 Å². The summed E-state index contributed by atoms with van der Waals surface area (Å²) in [5.41, 5.74) is 1.07. The first-order valence-corrected chi connectivity index (χ1v) is 9.59. The van der Waals surface area contributed by atoms with Gasteiger partial charge in [-0.2, -0.15) is 0 Å². The largest absolute Gasteiger partial charge is 0.393 e.